The third-order valence-electron chi connectivity index (χ3n) is 7.32. The Bertz CT molecular complexity index is 1620. The largest absolute Gasteiger partial charge is 0.748 e. The molecule has 0 aliphatic heterocycles. The first kappa shape index (κ1) is 32.6. The summed E-state index contributed by atoms with van der Waals surface area (Å²) < 4.78 is 0. The topological polar surface area (TPSA) is 51.6 Å². The molecule has 6 aromatic rings. The number of rotatable bonds is 6. The van der Waals surface area contributed by atoms with Crippen molar-refractivity contribution in [3.8, 4) is 22.3 Å². The second-order valence-corrected chi connectivity index (χ2v) is 12.4. The third-order valence-corrected chi connectivity index (χ3v) is 8.61. The van der Waals surface area contributed by atoms with Crippen molar-refractivity contribution >= 4 is 18.5 Å². The van der Waals surface area contributed by atoms with Gasteiger partial charge < -0.3 is 30.3 Å². The maximum atomic E-state index is 4.83. The molecule has 0 saturated carbocycles. The zero-order valence-electron chi connectivity index (χ0n) is 24.6. The predicted octanol–water partition coefficient (Wildman–Crippen LogP) is 8.56. The van der Waals surface area contributed by atoms with Crippen molar-refractivity contribution in [2.24, 2.45) is 0 Å². The summed E-state index contributed by atoms with van der Waals surface area (Å²) in [4.78, 5) is 18.6. The molecular weight excluding hydrogens is 606 g/mol. The van der Waals surface area contributed by atoms with Crippen LogP contribution in [0, 0.1) is 0 Å². The van der Waals surface area contributed by atoms with E-state index in [9.17, 15) is 0 Å². The second-order valence-electron chi connectivity index (χ2n) is 11.1. The first-order valence-electron chi connectivity index (χ1n) is 14.0. The normalized spacial score (nSPS) is 11.3. The van der Waals surface area contributed by atoms with Gasteiger partial charge >= 0.3 is 0 Å². The smallest absolute Gasteiger partial charge is 0.0798 e. The molecule has 0 saturated heterocycles. The number of benzene rings is 2. The summed E-state index contributed by atoms with van der Waals surface area (Å²) in [5, 5.41) is -0.756. The molecule has 2 heterocycles. The average molecular weight is 643 g/mol. The molecule has 4 nitrogen and oxygen atoms in total. The van der Waals surface area contributed by atoms with Crippen molar-refractivity contribution in [3.63, 3.8) is 0 Å². The first-order chi connectivity index (χ1) is 20.4. The Morgan fingerprint density at radius 3 is 1.56 bits per heavy atom. The number of hydrogen-bond acceptors (Lipinski definition) is 4. The minimum atomic E-state index is -0.756. The Balaban J connectivity index is 0.000000641. The van der Waals surface area contributed by atoms with E-state index < -0.39 is 5.16 Å². The summed E-state index contributed by atoms with van der Waals surface area (Å²) in [5.74, 6) is 0. The van der Waals surface area contributed by atoms with Crippen LogP contribution in [0.2, 0.25) is 0 Å². The third kappa shape index (κ3) is 6.77. The quantitative estimate of drug-likeness (QED) is 0.104. The van der Waals surface area contributed by atoms with Gasteiger partial charge in [0.1, 0.15) is 0 Å². The van der Waals surface area contributed by atoms with Crippen molar-refractivity contribution in [1.82, 2.24) is 19.9 Å². The molecule has 0 amide bonds. The molecule has 7 heteroatoms. The summed E-state index contributed by atoms with van der Waals surface area (Å²) in [6, 6.07) is 31.4. The van der Waals surface area contributed by atoms with Gasteiger partial charge in [-0.05, 0) is 5.41 Å². The zero-order chi connectivity index (χ0) is 29.6. The van der Waals surface area contributed by atoms with E-state index in [2.05, 4.69) is 110 Å². The van der Waals surface area contributed by atoms with E-state index in [0.29, 0.717) is 0 Å². The van der Waals surface area contributed by atoms with Crippen LogP contribution in [0.15, 0.2) is 128 Å². The van der Waals surface area contributed by atoms with E-state index in [0.717, 1.165) is 17.5 Å². The molecule has 0 N–H and O–H groups in total. The van der Waals surface area contributed by atoms with E-state index in [1.54, 1.807) is 24.8 Å². The van der Waals surface area contributed by atoms with Gasteiger partial charge in [0.15, 0.2) is 0 Å². The van der Waals surface area contributed by atoms with Crippen molar-refractivity contribution in [1.29, 1.82) is 0 Å². The maximum absolute atomic E-state index is 4.83. The Morgan fingerprint density at radius 1 is 0.698 bits per heavy atom. The Morgan fingerprint density at radius 2 is 1.16 bits per heavy atom. The van der Waals surface area contributed by atoms with Crippen LogP contribution in [0.3, 0.4) is 0 Å². The predicted molar refractivity (Wildman–Crippen MR) is 181 cm³/mol. The molecule has 0 fully saturated rings. The van der Waals surface area contributed by atoms with E-state index in [-0.39, 0.29) is 22.5 Å². The van der Waals surface area contributed by atoms with E-state index >= 15 is 0 Å². The minimum Gasteiger partial charge on any atom is -0.748 e. The van der Waals surface area contributed by atoms with Crippen LogP contribution in [0.5, 0.6) is 0 Å². The van der Waals surface area contributed by atoms with E-state index in [1.807, 2.05) is 42.7 Å². The van der Waals surface area contributed by atoms with Crippen LogP contribution in [-0.2, 0) is 33.8 Å². The van der Waals surface area contributed by atoms with Crippen molar-refractivity contribution in [2.45, 2.75) is 37.5 Å². The Labute approximate surface area is 270 Å². The molecule has 4 aromatic carbocycles. The van der Waals surface area contributed by atoms with Crippen LogP contribution in [0.1, 0.15) is 48.8 Å². The summed E-state index contributed by atoms with van der Waals surface area (Å²) in [7, 11) is 6.09. The fourth-order valence-corrected chi connectivity index (χ4v) is 6.62. The zero-order valence-corrected chi connectivity index (χ0v) is 28.0. The van der Waals surface area contributed by atoms with Crippen LogP contribution in [0.25, 0.3) is 22.3 Å². The minimum absolute atomic E-state index is 0. The fraction of sp³-hybridized carbons (Fsp3) is 0.167. The molecule has 224 valence electrons. The van der Waals surface area contributed by atoms with Gasteiger partial charge in [0.05, 0.1) is 16.5 Å². The monoisotopic (exact) mass is 642 g/mol. The maximum Gasteiger partial charge on any atom is 0.0798 e. The molecule has 6 rings (SSSR count). The van der Waals surface area contributed by atoms with Crippen LogP contribution >= 0.6 is 18.5 Å². The van der Waals surface area contributed by atoms with Gasteiger partial charge in [-0.2, -0.15) is 0 Å². The van der Waals surface area contributed by atoms with Gasteiger partial charge in [-0.3, -0.25) is 19.9 Å². The molecule has 43 heavy (non-hydrogen) atoms. The number of hydrogen-bond donors (Lipinski definition) is 0. The molecule has 0 aliphatic carbocycles. The summed E-state index contributed by atoms with van der Waals surface area (Å²) in [6.07, 6.45) is 11.4. The summed E-state index contributed by atoms with van der Waals surface area (Å²) in [5.41, 5.74) is 10.1. The Kier molecular flexibility index (Phi) is 10.9. The molecule has 0 bridgehead atoms. The van der Waals surface area contributed by atoms with Gasteiger partial charge in [0, 0.05) is 54.2 Å². The Hall–Kier alpha value is -3.32. The fourth-order valence-electron chi connectivity index (χ4n) is 5.60. The van der Waals surface area contributed by atoms with Crippen LogP contribution < -0.4 is 0 Å². The molecule has 0 radical (unpaired) electrons. The van der Waals surface area contributed by atoms with Crippen molar-refractivity contribution < 1.29 is 17.1 Å². The van der Waals surface area contributed by atoms with Gasteiger partial charge in [-0.15, -0.1) is 46.3 Å². The van der Waals surface area contributed by atoms with Gasteiger partial charge in [-0.25, -0.2) is 0 Å². The SMILES string of the molecule is CC(C)(C)[c-]1c(-c2ccccc2)c(-c2ccccc2)c(CP)c1C(P)(c1cnccn1)c1cnccn1.[Fe].[cH-]1[cH-][cH-][cH-][cH-]1. The van der Waals surface area contributed by atoms with Crippen LogP contribution in [-0.4, -0.2) is 19.9 Å². The molecule has 2 aromatic heterocycles. The summed E-state index contributed by atoms with van der Waals surface area (Å²) >= 11 is 0. The molecule has 0 aliphatic rings. The van der Waals surface area contributed by atoms with Gasteiger partial charge in [-0.1, -0.05) is 98.7 Å². The number of nitrogens with zero attached hydrogens (tertiary/aromatic N) is 4. The first-order valence-corrected chi connectivity index (χ1v) is 15.4. The molecule has 0 spiro atoms. The van der Waals surface area contributed by atoms with Crippen molar-refractivity contribution in [2.75, 3.05) is 0 Å². The van der Waals surface area contributed by atoms with Crippen LogP contribution in [0.4, 0.5) is 0 Å². The average Bonchev–Trinajstić information content (AvgIpc) is 3.73. The number of aromatic nitrogens is 4. The molecule has 2 unspecified atom stereocenters. The molecular formula is C36H36FeN4P2-6. The molecule has 2 atom stereocenters. The standard InChI is InChI=1S/C31H31N4P2.C5H5.Fe/c1-30(2,3)29-27(22-12-8-5-9-13-22)26(21-10-6-4-7-11-21)23(20-36)28(29)31(37,24-18-32-14-16-34-24)25-19-33-15-17-35-25;1-2-4-5-3-1;/h4-19H,20,36-37H2,1-3H3;1-5H;/q-1;-5;. The van der Waals surface area contributed by atoms with Gasteiger partial charge in [0.2, 0.25) is 0 Å². The van der Waals surface area contributed by atoms with E-state index in [1.165, 1.54) is 38.9 Å². The summed E-state index contributed by atoms with van der Waals surface area (Å²) in [6.45, 7) is 6.87. The van der Waals surface area contributed by atoms with Crippen molar-refractivity contribution in [3.05, 3.63) is 156 Å². The van der Waals surface area contributed by atoms with E-state index in [4.69, 9.17) is 9.97 Å². The van der Waals surface area contributed by atoms with Gasteiger partial charge in [0.25, 0.3) is 0 Å². The second kappa shape index (κ2) is 14.4.